The van der Waals surface area contributed by atoms with Crippen molar-refractivity contribution in [2.45, 2.75) is 76.2 Å². The van der Waals surface area contributed by atoms with Crippen molar-refractivity contribution in [2.75, 3.05) is 0 Å². The fourth-order valence-corrected chi connectivity index (χ4v) is 3.77. The van der Waals surface area contributed by atoms with Gasteiger partial charge in [0.25, 0.3) is 6.36 Å². The Bertz CT molecular complexity index is 377. The average Bonchev–Trinajstić information content (AvgIpc) is 2.41. The number of halogens is 7. The molecule has 0 aromatic heterocycles. The molecule has 0 aromatic carbocycles. The second-order valence-corrected chi connectivity index (χ2v) is 6.82. The van der Waals surface area contributed by atoms with E-state index in [0.717, 1.165) is 6.42 Å². The largest absolute Gasteiger partial charge is 0.445 e. The maximum atomic E-state index is 14.1. The Hall–Kier alpha value is -0.530. The van der Waals surface area contributed by atoms with Crippen molar-refractivity contribution < 1.29 is 35.5 Å². The molecular formula is C15H21F7O. The first-order valence-electron chi connectivity index (χ1n) is 7.88. The van der Waals surface area contributed by atoms with Crippen LogP contribution in [0.25, 0.3) is 0 Å². The first-order chi connectivity index (χ1) is 10.6. The van der Waals surface area contributed by atoms with E-state index >= 15 is 0 Å². The van der Waals surface area contributed by atoms with Crippen molar-refractivity contribution in [3.05, 3.63) is 0 Å². The molecule has 0 bridgehead atoms. The second kappa shape index (κ2) is 7.15. The summed E-state index contributed by atoms with van der Waals surface area (Å²) in [6.07, 6.45) is -15.4. The van der Waals surface area contributed by atoms with Gasteiger partial charge >= 0.3 is 6.18 Å². The van der Waals surface area contributed by atoms with Crippen LogP contribution in [0, 0.1) is 17.8 Å². The third-order valence-corrected chi connectivity index (χ3v) is 4.99. The minimum Gasteiger partial charge on any atom is -0.332 e. The van der Waals surface area contributed by atoms with Crippen molar-refractivity contribution >= 4 is 0 Å². The summed E-state index contributed by atoms with van der Waals surface area (Å²) in [5.74, 6) is -0.874. The van der Waals surface area contributed by atoms with Gasteiger partial charge in [0, 0.05) is 0 Å². The number of hydrogen-bond acceptors (Lipinski definition) is 1. The molecule has 136 valence electrons. The van der Waals surface area contributed by atoms with Gasteiger partial charge in [-0.25, -0.2) is 17.6 Å². The Morgan fingerprint density at radius 3 is 1.96 bits per heavy atom. The van der Waals surface area contributed by atoms with Crippen LogP contribution in [0.5, 0.6) is 0 Å². The summed E-state index contributed by atoms with van der Waals surface area (Å²) in [5, 5.41) is 0. The van der Waals surface area contributed by atoms with E-state index in [2.05, 4.69) is 4.74 Å². The molecule has 1 nitrogen and oxygen atoms in total. The highest BCUT2D eigenvalue weighted by Gasteiger charge is 2.49. The van der Waals surface area contributed by atoms with Gasteiger partial charge in [-0.3, -0.25) is 0 Å². The zero-order chi connectivity index (χ0) is 17.4. The lowest BCUT2D eigenvalue weighted by Gasteiger charge is -2.41. The van der Waals surface area contributed by atoms with Crippen molar-refractivity contribution in [1.82, 2.24) is 0 Å². The second-order valence-electron chi connectivity index (χ2n) is 6.82. The molecule has 0 amide bonds. The summed E-state index contributed by atoms with van der Waals surface area (Å²) in [6.45, 7) is 1.90. The molecular weight excluding hydrogens is 329 g/mol. The van der Waals surface area contributed by atoms with Gasteiger partial charge in [-0.2, -0.15) is 13.2 Å². The fraction of sp³-hybridized carbons (Fsp3) is 1.00. The smallest absolute Gasteiger partial charge is 0.332 e. The van der Waals surface area contributed by atoms with Crippen molar-refractivity contribution in [1.29, 1.82) is 0 Å². The Morgan fingerprint density at radius 2 is 1.48 bits per heavy atom. The monoisotopic (exact) mass is 350 g/mol. The van der Waals surface area contributed by atoms with Crippen LogP contribution in [-0.2, 0) is 4.74 Å². The molecule has 0 radical (unpaired) electrons. The molecule has 0 N–H and O–H groups in total. The van der Waals surface area contributed by atoms with Gasteiger partial charge in [0.1, 0.15) is 24.6 Å². The predicted molar refractivity (Wildman–Crippen MR) is 69.7 cm³/mol. The summed E-state index contributed by atoms with van der Waals surface area (Å²) in [7, 11) is 0. The van der Waals surface area contributed by atoms with Gasteiger partial charge in [0.2, 0.25) is 0 Å². The number of alkyl halides is 7. The van der Waals surface area contributed by atoms with E-state index in [1.807, 2.05) is 6.92 Å². The molecule has 2 rings (SSSR count). The summed E-state index contributed by atoms with van der Waals surface area (Å²) in [5.41, 5.74) is 0. The van der Waals surface area contributed by atoms with E-state index in [4.69, 9.17) is 0 Å². The maximum Gasteiger partial charge on any atom is 0.445 e. The molecule has 0 aliphatic heterocycles. The van der Waals surface area contributed by atoms with Crippen LogP contribution in [0.3, 0.4) is 0 Å². The van der Waals surface area contributed by atoms with Crippen LogP contribution in [0.1, 0.15) is 39.0 Å². The molecule has 6 unspecified atom stereocenters. The van der Waals surface area contributed by atoms with E-state index in [1.165, 1.54) is 0 Å². The molecule has 8 heteroatoms. The zero-order valence-corrected chi connectivity index (χ0v) is 12.7. The SMILES string of the molecule is CC1CCC(C2CC(F)C(OC(F)C(F)(F)F)C(F)C2)C(F)C1. The maximum absolute atomic E-state index is 14.1. The lowest BCUT2D eigenvalue weighted by atomic mass is 9.69. The third-order valence-electron chi connectivity index (χ3n) is 4.99. The molecule has 6 atom stereocenters. The lowest BCUT2D eigenvalue weighted by molar-refractivity contribution is -0.291. The minimum absolute atomic E-state index is 0.211. The molecule has 0 spiro atoms. The van der Waals surface area contributed by atoms with Gasteiger partial charge in [-0.05, 0) is 43.4 Å². The zero-order valence-electron chi connectivity index (χ0n) is 12.7. The van der Waals surface area contributed by atoms with E-state index in [9.17, 15) is 30.7 Å². The highest BCUT2D eigenvalue weighted by molar-refractivity contribution is 4.94. The Balaban J connectivity index is 1.96. The normalized spacial score (nSPS) is 44.1. The summed E-state index contributed by atoms with van der Waals surface area (Å²) < 4.78 is 95.3. The van der Waals surface area contributed by atoms with Crippen LogP contribution in [0.2, 0.25) is 0 Å². The number of hydrogen-bond donors (Lipinski definition) is 0. The van der Waals surface area contributed by atoms with Crippen LogP contribution in [-0.4, -0.2) is 37.2 Å². The first-order valence-corrected chi connectivity index (χ1v) is 7.88. The Kier molecular flexibility index (Phi) is 5.85. The van der Waals surface area contributed by atoms with Gasteiger partial charge in [-0.15, -0.1) is 0 Å². The number of rotatable bonds is 3. The topological polar surface area (TPSA) is 9.23 Å². The van der Waals surface area contributed by atoms with Gasteiger partial charge in [0.15, 0.2) is 0 Å². The first kappa shape index (κ1) is 18.8. The van der Waals surface area contributed by atoms with Gasteiger partial charge in [0.05, 0.1) is 0 Å². The van der Waals surface area contributed by atoms with E-state index in [0.29, 0.717) is 12.8 Å². The number of ether oxygens (including phenoxy) is 1. The highest BCUT2D eigenvalue weighted by Crippen LogP contribution is 2.44. The molecule has 2 aliphatic carbocycles. The van der Waals surface area contributed by atoms with E-state index in [-0.39, 0.29) is 18.8 Å². The highest BCUT2D eigenvalue weighted by atomic mass is 19.4. The summed E-state index contributed by atoms with van der Waals surface area (Å²) >= 11 is 0. The van der Waals surface area contributed by atoms with Crippen LogP contribution < -0.4 is 0 Å². The average molecular weight is 350 g/mol. The lowest BCUT2D eigenvalue weighted by Crippen LogP contribution is -2.48. The molecule has 0 saturated heterocycles. The standard InChI is InChI=1S/C15H21F7O/c1-7-2-3-9(10(16)4-7)8-5-11(17)13(12(18)6-8)23-14(19)15(20,21)22/h7-14H,2-6H2,1H3. The molecule has 23 heavy (non-hydrogen) atoms. The summed E-state index contributed by atoms with van der Waals surface area (Å²) in [4.78, 5) is 0. The van der Waals surface area contributed by atoms with Crippen molar-refractivity contribution in [3.63, 3.8) is 0 Å². The van der Waals surface area contributed by atoms with E-state index < -0.39 is 49.0 Å². The van der Waals surface area contributed by atoms with Crippen LogP contribution in [0.4, 0.5) is 30.7 Å². The quantitative estimate of drug-likeness (QED) is 0.644. The van der Waals surface area contributed by atoms with Gasteiger partial charge < -0.3 is 4.74 Å². The molecule has 2 saturated carbocycles. The minimum atomic E-state index is -5.32. The molecule has 2 aliphatic rings. The Labute approximate surface area is 130 Å². The molecule has 2 fully saturated rings. The third kappa shape index (κ3) is 4.51. The van der Waals surface area contributed by atoms with Crippen LogP contribution >= 0.6 is 0 Å². The fourth-order valence-electron chi connectivity index (χ4n) is 3.77. The Morgan fingerprint density at radius 1 is 0.913 bits per heavy atom. The van der Waals surface area contributed by atoms with E-state index in [1.54, 1.807) is 0 Å². The summed E-state index contributed by atoms with van der Waals surface area (Å²) in [6, 6.07) is 0. The van der Waals surface area contributed by atoms with Crippen LogP contribution in [0.15, 0.2) is 0 Å². The van der Waals surface area contributed by atoms with Crippen molar-refractivity contribution in [3.8, 4) is 0 Å². The predicted octanol–water partition coefficient (Wildman–Crippen LogP) is 5.09. The van der Waals surface area contributed by atoms with Crippen molar-refractivity contribution in [2.24, 2.45) is 17.8 Å². The molecule has 0 heterocycles. The molecule has 0 aromatic rings. The van der Waals surface area contributed by atoms with Gasteiger partial charge in [-0.1, -0.05) is 13.3 Å².